The molecular formula is C9H6ClN5O. The molecule has 80 valence electrons. The Morgan fingerprint density at radius 3 is 3.19 bits per heavy atom. The normalized spacial score (nSPS) is 10.0. The maximum atomic E-state index is 11.1. The van der Waals surface area contributed by atoms with Crippen LogP contribution in [0, 0.1) is 11.3 Å². The molecule has 2 heterocycles. The summed E-state index contributed by atoms with van der Waals surface area (Å²) in [7, 11) is 0. The quantitative estimate of drug-likeness (QED) is 0.849. The average molecular weight is 236 g/mol. The van der Waals surface area contributed by atoms with E-state index < -0.39 is 5.91 Å². The molecule has 7 heteroatoms. The molecule has 0 saturated heterocycles. The van der Waals surface area contributed by atoms with Crippen molar-refractivity contribution < 1.29 is 4.79 Å². The number of rotatable bonds is 2. The first kappa shape index (κ1) is 10.4. The summed E-state index contributed by atoms with van der Waals surface area (Å²) >= 11 is 5.69. The number of nitrogens with one attached hydrogen (secondary N) is 1. The van der Waals surface area contributed by atoms with Crippen LogP contribution in [0.1, 0.15) is 6.42 Å². The number of nitrogens with zero attached hydrogens (tertiary/aromatic N) is 4. The minimum Gasteiger partial charge on any atom is -0.308 e. The first-order valence-electron chi connectivity index (χ1n) is 4.38. The van der Waals surface area contributed by atoms with Gasteiger partial charge in [-0.3, -0.25) is 4.79 Å². The molecule has 2 aromatic heterocycles. The van der Waals surface area contributed by atoms with Crippen LogP contribution in [-0.4, -0.2) is 20.5 Å². The molecule has 0 aliphatic rings. The summed E-state index contributed by atoms with van der Waals surface area (Å²) in [6, 6.07) is 5.03. The lowest BCUT2D eigenvalue weighted by atomic mass is 10.4. The maximum absolute atomic E-state index is 11.1. The second-order valence-corrected chi connectivity index (χ2v) is 3.36. The SMILES string of the molecule is N#CCC(=O)Nc1cn2nc(Cl)ccc2n1. The fourth-order valence-corrected chi connectivity index (χ4v) is 1.32. The van der Waals surface area contributed by atoms with Crippen LogP contribution in [0.25, 0.3) is 5.65 Å². The molecule has 0 aromatic carbocycles. The molecule has 6 nitrogen and oxygen atoms in total. The van der Waals surface area contributed by atoms with Gasteiger partial charge in [-0.15, -0.1) is 0 Å². The van der Waals surface area contributed by atoms with Gasteiger partial charge in [-0.1, -0.05) is 11.6 Å². The number of fused-ring (bicyclic) bond motifs is 1. The van der Waals surface area contributed by atoms with Gasteiger partial charge in [-0.05, 0) is 12.1 Å². The highest BCUT2D eigenvalue weighted by molar-refractivity contribution is 6.29. The third-order valence-corrected chi connectivity index (χ3v) is 2.00. The molecule has 1 N–H and O–H groups in total. The number of anilines is 1. The lowest BCUT2D eigenvalue weighted by Gasteiger charge is -1.94. The maximum Gasteiger partial charge on any atom is 0.239 e. The topological polar surface area (TPSA) is 83.1 Å². The zero-order valence-corrected chi connectivity index (χ0v) is 8.77. The zero-order valence-electron chi connectivity index (χ0n) is 8.01. The van der Waals surface area contributed by atoms with E-state index in [2.05, 4.69) is 15.4 Å². The van der Waals surface area contributed by atoms with Crippen LogP contribution in [0.2, 0.25) is 5.15 Å². The number of aromatic nitrogens is 3. The van der Waals surface area contributed by atoms with Crippen molar-refractivity contribution in [1.82, 2.24) is 14.6 Å². The predicted octanol–water partition coefficient (Wildman–Crippen LogP) is 1.23. The molecule has 0 saturated carbocycles. The van der Waals surface area contributed by atoms with E-state index in [4.69, 9.17) is 16.9 Å². The monoisotopic (exact) mass is 235 g/mol. The summed E-state index contributed by atoms with van der Waals surface area (Å²) in [4.78, 5) is 15.2. The Hall–Kier alpha value is -2.13. The van der Waals surface area contributed by atoms with Crippen LogP contribution in [0.4, 0.5) is 5.82 Å². The molecule has 0 atom stereocenters. The number of hydrogen-bond acceptors (Lipinski definition) is 4. The average Bonchev–Trinajstić information content (AvgIpc) is 2.59. The molecule has 0 unspecified atom stereocenters. The van der Waals surface area contributed by atoms with Crippen molar-refractivity contribution in [2.75, 3.05) is 5.32 Å². The molecule has 1 amide bonds. The van der Waals surface area contributed by atoms with Gasteiger partial charge in [0.15, 0.2) is 11.5 Å². The Balaban J connectivity index is 2.27. The third-order valence-electron chi connectivity index (χ3n) is 1.79. The summed E-state index contributed by atoms with van der Waals surface area (Å²) in [6.07, 6.45) is 1.32. The molecule has 0 bridgehead atoms. The summed E-state index contributed by atoms with van der Waals surface area (Å²) in [6.45, 7) is 0. The molecule has 0 spiro atoms. The highest BCUT2D eigenvalue weighted by Crippen LogP contribution is 2.11. The van der Waals surface area contributed by atoms with Crippen molar-refractivity contribution in [3.63, 3.8) is 0 Å². The van der Waals surface area contributed by atoms with Crippen molar-refractivity contribution in [2.45, 2.75) is 6.42 Å². The van der Waals surface area contributed by atoms with E-state index in [9.17, 15) is 4.79 Å². The summed E-state index contributed by atoms with van der Waals surface area (Å²) in [5, 5.41) is 15.1. The van der Waals surface area contributed by atoms with Gasteiger partial charge in [0.2, 0.25) is 5.91 Å². The second-order valence-electron chi connectivity index (χ2n) is 2.97. The summed E-state index contributed by atoms with van der Waals surface area (Å²) < 4.78 is 1.45. The van der Waals surface area contributed by atoms with E-state index in [1.165, 1.54) is 10.7 Å². The van der Waals surface area contributed by atoms with Gasteiger partial charge >= 0.3 is 0 Å². The van der Waals surface area contributed by atoms with Gasteiger partial charge in [0.05, 0.1) is 12.3 Å². The predicted molar refractivity (Wildman–Crippen MR) is 56.9 cm³/mol. The number of nitriles is 1. The van der Waals surface area contributed by atoms with Crippen LogP contribution in [-0.2, 0) is 4.79 Å². The number of carbonyl (C=O) groups is 1. The largest absolute Gasteiger partial charge is 0.308 e. The van der Waals surface area contributed by atoms with Gasteiger partial charge in [-0.2, -0.15) is 10.4 Å². The Bertz CT molecular complexity index is 585. The molecule has 0 radical (unpaired) electrons. The van der Waals surface area contributed by atoms with E-state index in [0.717, 1.165) is 0 Å². The van der Waals surface area contributed by atoms with E-state index in [1.807, 2.05) is 0 Å². The molecule has 2 aromatic rings. The summed E-state index contributed by atoms with van der Waals surface area (Å²) in [5.74, 6) is -0.0629. The Labute approximate surface area is 95.5 Å². The molecule has 16 heavy (non-hydrogen) atoms. The third kappa shape index (κ3) is 2.10. The Morgan fingerprint density at radius 2 is 2.44 bits per heavy atom. The highest BCUT2D eigenvalue weighted by atomic mass is 35.5. The van der Waals surface area contributed by atoms with Gasteiger partial charge in [0, 0.05) is 0 Å². The van der Waals surface area contributed by atoms with Crippen molar-refractivity contribution in [1.29, 1.82) is 5.26 Å². The standard InChI is InChI=1S/C9H6ClN5O/c10-6-1-2-8-12-7(5-15(8)14-6)13-9(16)3-4-11/h1-2,5H,3H2,(H,13,16). The van der Waals surface area contributed by atoms with Crippen LogP contribution in [0.5, 0.6) is 0 Å². The number of imidazole rings is 1. The first-order chi connectivity index (χ1) is 7.69. The number of hydrogen-bond donors (Lipinski definition) is 1. The van der Waals surface area contributed by atoms with E-state index in [-0.39, 0.29) is 6.42 Å². The van der Waals surface area contributed by atoms with Crippen molar-refractivity contribution in [3.05, 3.63) is 23.5 Å². The Kier molecular flexibility index (Phi) is 2.70. The second kappa shape index (κ2) is 4.16. The van der Waals surface area contributed by atoms with Crippen LogP contribution in [0.3, 0.4) is 0 Å². The lowest BCUT2D eigenvalue weighted by molar-refractivity contribution is -0.115. The van der Waals surface area contributed by atoms with Crippen molar-refractivity contribution >= 4 is 29.0 Å². The fourth-order valence-electron chi connectivity index (χ4n) is 1.18. The molecule has 0 aliphatic carbocycles. The number of carbonyl (C=O) groups excluding carboxylic acids is 1. The van der Waals surface area contributed by atoms with Gasteiger partial charge in [0.25, 0.3) is 0 Å². The van der Waals surface area contributed by atoms with Gasteiger partial charge in [0.1, 0.15) is 11.6 Å². The zero-order chi connectivity index (χ0) is 11.5. The van der Waals surface area contributed by atoms with E-state index in [0.29, 0.717) is 16.6 Å². The van der Waals surface area contributed by atoms with Gasteiger partial charge < -0.3 is 5.32 Å². The number of halogens is 1. The minimum atomic E-state index is -0.406. The minimum absolute atomic E-state index is 0.206. The summed E-state index contributed by atoms with van der Waals surface area (Å²) in [5.41, 5.74) is 0.566. The molecular weight excluding hydrogens is 230 g/mol. The van der Waals surface area contributed by atoms with Crippen LogP contribution >= 0.6 is 11.6 Å². The van der Waals surface area contributed by atoms with Crippen LogP contribution < -0.4 is 5.32 Å². The lowest BCUT2D eigenvalue weighted by Crippen LogP contribution is -2.10. The highest BCUT2D eigenvalue weighted by Gasteiger charge is 2.06. The molecule has 2 rings (SSSR count). The van der Waals surface area contributed by atoms with E-state index >= 15 is 0 Å². The smallest absolute Gasteiger partial charge is 0.239 e. The van der Waals surface area contributed by atoms with Crippen molar-refractivity contribution in [3.8, 4) is 6.07 Å². The van der Waals surface area contributed by atoms with Gasteiger partial charge in [-0.25, -0.2) is 9.50 Å². The molecule has 0 aliphatic heterocycles. The van der Waals surface area contributed by atoms with Crippen LogP contribution in [0.15, 0.2) is 18.3 Å². The first-order valence-corrected chi connectivity index (χ1v) is 4.75. The number of amides is 1. The van der Waals surface area contributed by atoms with E-state index in [1.54, 1.807) is 18.2 Å². The Morgan fingerprint density at radius 1 is 1.62 bits per heavy atom. The van der Waals surface area contributed by atoms with Crippen molar-refractivity contribution in [2.24, 2.45) is 0 Å². The fraction of sp³-hybridized carbons (Fsp3) is 0.111. The molecule has 0 fully saturated rings.